The molecule has 0 saturated carbocycles. The molecule has 32 heavy (non-hydrogen) atoms. The lowest BCUT2D eigenvalue weighted by atomic mass is 9.97. The van der Waals surface area contributed by atoms with Gasteiger partial charge >= 0.3 is 0 Å². The average molecular weight is 453 g/mol. The lowest BCUT2D eigenvalue weighted by molar-refractivity contribution is 0.103. The number of nitriles is 1. The van der Waals surface area contributed by atoms with Crippen LogP contribution in [0.15, 0.2) is 47.3 Å². The number of nitrogens with zero attached hydrogens (tertiary/aromatic N) is 2. The summed E-state index contributed by atoms with van der Waals surface area (Å²) < 4.78 is 11.6. The highest BCUT2D eigenvalue weighted by molar-refractivity contribution is 6.35. The molecule has 0 amide bonds. The van der Waals surface area contributed by atoms with Crippen molar-refractivity contribution in [3.63, 3.8) is 0 Å². The molecule has 0 radical (unpaired) electrons. The monoisotopic (exact) mass is 452 g/mol. The highest BCUT2D eigenvalue weighted by Gasteiger charge is 2.26. The minimum atomic E-state index is -0.668. The summed E-state index contributed by atoms with van der Waals surface area (Å²) in [4.78, 5) is 26.0. The van der Waals surface area contributed by atoms with Crippen LogP contribution in [-0.2, 0) is 13.0 Å². The third kappa shape index (κ3) is 4.18. The van der Waals surface area contributed by atoms with Crippen molar-refractivity contribution in [3.8, 4) is 23.4 Å². The van der Waals surface area contributed by atoms with Gasteiger partial charge in [-0.3, -0.25) is 14.2 Å². The number of carbonyl (C=O) groups excluding carboxylic acids is 1. The van der Waals surface area contributed by atoms with Crippen LogP contribution in [0.5, 0.6) is 17.4 Å². The highest BCUT2D eigenvalue weighted by atomic mass is 35.5. The molecule has 1 heterocycles. The molecule has 0 aliphatic heterocycles. The molecule has 0 saturated heterocycles. The Hall–Kier alpha value is -3.76. The van der Waals surface area contributed by atoms with Crippen molar-refractivity contribution in [2.45, 2.75) is 19.9 Å². The van der Waals surface area contributed by atoms with Crippen LogP contribution in [0.2, 0.25) is 5.02 Å². The Morgan fingerprint density at radius 2 is 1.84 bits per heavy atom. The van der Waals surface area contributed by atoms with E-state index in [0.717, 1.165) is 10.1 Å². The van der Waals surface area contributed by atoms with Crippen LogP contribution in [0.4, 0.5) is 0 Å². The maximum absolute atomic E-state index is 13.2. The molecule has 0 fully saturated rings. The van der Waals surface area contributed by atoms with E-state index in [1.54, 1.807) is 36.4 Å². The van der Waals surface area contributed by atoms with Crippen LogP contribution in [-0.4, -0.2) is 29.7 Å². The van der Waals surface area contributed by atoms with E-state index in [0.29, 0.717) is 17.9 Å². The molecule has 3 aromatic rings. The summed E-state index contributed by atoms with van der Waals surface area (Å²) in [5, 5.41) is 20.6. The number of methoxy groups -OCH3 is 2. The van der Waals surface area contributed by atoms with Crippen LogP contribution in [0, 0.1) is 18.3 Å². The lowest BCUT2D eigenvalue weighted by Crippen LogP contribution is -2.27. The second kappa shape index (κ2) is 9.58. The van der Waals surface area contributed by atoms with Gasteiger partial charge in [0.1, 0.15) is 11.6 Å². The summed E-state index contributed by atoms with van der Waals surface area (Å²) in [6, 6.07) is 13.6. The standard InChI is InChI=1S/C24H21ClN2O5/c1-14-17(13-26)23(29)27(11-10-15-8-9-19(31-2)20(12-15)32-3)24(30)21(14)22(28)16-6-4-5-7-18(16)25/h4-9,12,30H,10-11H2,1-3H3. The Bertz CT molecular complexity index is 1290. The maximum atomic E-state index is 13.2. The fourth-order valence-corrected chi connectivity index (χ4v) is 3.71. The van der Waals surface area contributed by atoms with Crippen LogP contribution in [0.1, 0.15) is 32.6 Å². The molecule has 2 aromatic carbocycles. The Balaban J connectivity index is 2.07. The molecular formula is C24H21ClN2O5. The van der Waals surface area contributed by atoms with Crippen molar-refractivity contribution in [2.75, 3.05) is 14.2 Å². The minimum Gasteiger partial charge on any atom is -0.494 e. The van der Waals surface area contributed by atoms with E-state index in [4.69, 9.17) is 21.1 Å². The SMILES string of the molecule is COc1ccc(CCn2c(O)c(C(=O)c3ccccc3Cl)c(C)c(C#N)c2=O)cc1OC. The first-order valence-electron chi connectivity index (χ1n) is 9.70. The smallest absolute Gasteiger partial charge is 0.271 e. The molecule has 7 nitrogen and oxygen atoms in total. The predicted molar refractivity (Wildman–Crippen MR) is 120 cm³/mol. The number of aromatic nitrogens is 1. The van der Waals surface area contributed by atoms with Gasteiger partial charge in [0.25, 0.3) is 5.56 Å². The zero-order valence-corrected chi connectivity index (χ0v) is 18.6. The first-order chi connectivity index (χ1) is 15.3. The summed E-state index contributed by atoms with van der Waals surface area (Å²) >= 11 is 6.15. The number of carbonyl (C=O) groups is 1. The molecule has 3 rings (SSSR count). The van der Waals surface area contributed by atoms with E-state index in [1.165, 1.54) is 27.2 Å². The number of hydrogen-bond donors (Lipinski definition) is 1. The first-order valence-corrected chi connectivity index (χ1v) is 10.1. The van der Waals surface area contributed by atoms with E-state index < -0.39 is 17.2 Å². The normalized spacial score (nSPS) is 10.5. The number of aromatic hydroxyl groups is 1. The molecule has 0 aliphatic rings. The van der Waals surface area contributed by atoms with Gasteiger partial charge in [0, 0.05) is 12.1 Å². The van der Waals surface area contributed by atoms with Gasteiger partial charge in [0.05, 0.1) is 24.8 Å². The second-order valence-corrected chi connectivity index (χ2v) is 7.42. The van der Waals surface area contributed by atoms with Gasteiger partial charge in [-0.05, 0) is 48.7 Å². The van der Waals surface area contributed by atoms with Gasteiger partial charge < -0.3 is 14.6 Å². The Morgan fingerprint density at radius 1 is 1.16 bits per heavy atom. The third-order valence-electron chi connectivity index (χ3n) is 5.22. The minimum absolute atomic E-state index is 0.0396. The molecule has 0 spiro atoms. The Morgan fingerprint density at radius 3 is 2.47 bits per heavy atom. The number of pyridine rings is 1. The molecular weight excluding hydrogens is 432 g/mol. The zero-order valence-electron chi connectivity index (χ0n) is 17.8. The van der Waals surface area contributed by atoms with Gasteiger partial charge in [-0.2, -0.15) is 5.26 Å². The summed E-state index contributed by atoms with van der Waals surface area (Å²) in [6.07, 6.45) is 0.335. The third-order valence-corrected chi connectivity index (χ3v) is 5.55. The van der Waals surface area contributed by atoms with E-state index in [1.807, 2.05) is 6.07 Å². The highest BCUT2D eigenvalue weighted by Crippen LogP contribution is 2.30. The second-order valence-electron chi connectivity index (χ2n) is 7.02. The van der Waals surface area contributed by atoms with Crippen molar-refractivity contribution >= 4 is 17.4 Å². The number of halogens is 1. The zero-order chi connectivity index (χ0) is 23.4. The van der Waals surface area contributed by atoms with Gasteiger partial charge in [-0.15, -0.1) is 0 Å². The molecule has 1 aromatic heterocycles. The van der Waals surface area contributed by atoms with Gasteiger partial charge in [-0.25, -0.2) is 0 Å². The number of ether oxygens (including phenoxy) is 2. The van der Waals surface area contributed by atoms with Crippen LogP contribution >= 0.6 is 11.6 Å². The fraction of sp³-hybridized carbons (Fsp3) is 0.208. The van der Waals surface area contributed by atoms with E-state index in [9.17, 15) is 20.0 Å². The summed E-state index contributed by atoms with van der Waals surface area (Å²) in [7, 11) is 3.05. The van der Waals surface area contributed by atoms with E-state index >= 15 is 0 Å². The number of aryl methyl sites for hydroxylation is 1. The molecule has 0 unspecified atom stereocenters. The number of ketones is 1. The quantitative estimate of drug-likeness (QED) is 0.546. The first kappa shape index (κ1) is 22.9. The Kier molecular flexibility index (Phi) is 6.86. The average Bonchev–Trinajstić information content (AvgIpc) is 2.79. The van der Waals surface area contributed by atoms with Gasteiger partial charge in [-0.1, -0.05) is 29.8 Å². The molecule has 0 atom stereocenters. The van der Waals surface area contributed by atoms with Crippen molar-refractivity contribution in [1.82, 2.24) is 4.57 Å². The van der Waals surface area contributed by atoms with Crippen LogP contribution in [0.25, 0.3) is 0 Å². The molecule has 0 bridgehead atoms. The summed E-state index contributed by atoms with van der Waals surface area (Å²) in [5.74, 6) is 0.0163. The summed E-state index contributed by atoms with van der Waals surface area (Å²) in [6.45, 7) is 1.50. The summed E-state index contributed by atoms with van der Waals surface area (Å²) in [5.41, 5.74) is 0.0987. The topological polar surface area (TPSA) is 102 Å². The lowest BCUT2D eigenvalue weighted by Gasteiger charge is -2.16. The fourth-order valence-electron chi connectivity index (χ4n) is 3.49. The van der Waals surface area contributed by atoms with Gasteiger partial charge in [0.2, 0.25) is 5.88 Å². The molecule has 164 valence electrons. The van der Waals surface area contributed by atoms with Crippen LogP contribution < -0.4 is 15.0 Å². The predicted octanol–water partition coefficient (Wildman–Crippen LogP) is 3.88. The van der Waals surface area contributed by atoms with E-state index in [2.05, 4.69) is 0 Å². The van der Waals surface area contributed by atoms with Crippen molar-refractivity contribution < 1.29 is 19.4 Å². The molecule has 0 aliphatic carbocycles. The maximum Gasteiger partial charge on any atom is 0.271 e. The number of rotatable bonds is 7. The van der Waals surface area contributed by atoms with Crippen LogP contribution in [0.3, 0.4) is 0 Å². The largest absolute Gasteiger partial charge is 0.494 e. The van der Waals surface area contributed by atoms with Gasteiger partial charge in [0.15, 0.2) is 17.3 Å². The molecule has 1 N–H and O–H groups in total. The van der Waals surface area contributed by atoms with Crippen molar-refractivity contribution in [3.05, 3.63) is 85.7 Å². The number of benzene rings is 2. The van der Waals surface area contributed by atoms with Crippen molar-refractivity contribution in [2.24, 2.45) is 0 Å². The molecule has 8 heteroatoms. The van der Waals surface area contributed by atoms with Crippen molar-refractivity contribution in [1.29, 1.82) is 5.26 Å². The Labute approximate surface area is 190 Å². The number of hydrogen-bond acceptors (Lipinski definition) is 6. The van der Waals surface area contributed by atoms with E-state index in [-0.39, 0.29) is 33.8 Å².